The van der Waals surface area contributed by atoms with Crippen LogP contribution in [0.4, 0.5) is 0 Å². The van der Waals surface area contributed by atoms with Gasteiger partial charge in [-0.3, -0.25) is 10.2 Å². The van der Waals surface area contributed by atoms with Crippen LogP contribution in [0, 0.1) is 17.2 Å². The van der Waals surface area contributed by atoms with Gasteiger partial charge in [0.25, 0.3) is 5.91 Å². The Morgan fingerprint density at radius 3 is 2.67 bits per heavy atom. The predicted molar refractivity (Wildman–Crippen MR) is 153 cm³/mol. The number of hydrogen-bond donors (Lipinski definition) is 4. The van der Waals surface area contributed by atoms with Crippen molar-refractivity contribution in [2.75, 3.05) is 26.8 Å². The Morgan fingerprint density at radius 1 is 1.36 bits per heavy atom. The number of carbonyl (C=O) groups excluding carboxylic acids is 1. The van der Waals surface area contributed by atoms with Crippen LogP contribution in [0.5, 0.6) is 0 Å². The molecule has 5 atom stereocenters. The third kappa shape index (κ3) is 7.47. The van der Waals surface area contributed by atoms with Gasteiger partial charge in [-0.05, 0) is 65.6 Å². The summed E-state index contributed by atoms with van der Waals surface area (Å²) in [4.78, 5) is 21.1. The molecule has 0 aromatic carbocycles. The largest absolute Gasteiger partial charge is 0.384 e. The molecule has 13 heteroatoms. The van der Waals surface area contributed by atoms with Gasteiger partial charge in [-0.2, -0.15) is 0 Å². The number of carbonyl (C=O) groups is 1. The molecule has 212 valence electrons. The van der Waals surface area contributed by atoms with Gasteiger partial charge < -0.3 is 35.5 Å². The van der Waals surface area contributed by atoms with E-state index in [1.165, 1.54) is 49.7 Å². The summed E-state index contributed by atoms with van der Waals surface area (Å²) in [6.45, 7) is 2.08. The van der Waals surface area contributed by atoms with Crippen LogP contribution in [0.15, 0.2) is 45.9 Å². The highest BCUT2D eigenvalue weighted by molar-refractivity contribution is 9.10. The number of thioether (sulfide) groups is 1. The molecule has 5 unspecified atom stereocenters. The van der Waals surface area contributed by atoms with Crippen LogP contribution in [-0.2, 0) is 14.2 Å². The standard InChI is InChI=1S/C26H34BrClN6O4S/c1-36-24-22(33-10-20(30)31-7-6-19(28)29)23-17(13-37-23)38-26(24)39-18-8-16(27)9-32-21(18)25(35)34(11-14-2-3-14)12-15-4-5-15/h6-10,14-15,17,22-24,26,29,31,33H,2-5,11-13,30H2,1H3/b7-6-,20-10+,29-19?. The number of amides is 1. The highest BCUT2D eigenvalue weighted by atomic mass is 79.9. The summed E-state index contributed by atoms with van der Waals surface area (Å²) in [6.07, 6.45) is 10.2. The average molecular weight is 642 g/mol. The van der Waals surface area contributed by atoms with Crippen molar-refractivity contribution in [3.05, 3.63) is 46.7 Å². The van der Waals surface area contributed by atoms with E-state index in [0.29, 0.717) is 30.0 Å². The van der Waals surface area contributed by atoms with Crippen LogP contribution in [0.1, 0.15) is 36.2 Å². The first-order valence-electron chi connectivity index (χ1n) is 13.1. The van der Waals surface area contributed by atoms with Crippen LogP contribution in [0.3, 0.4) is 0 Å². The van der Waals surface area contributed by atoms with E-state index in [-0.39, 0.29) is 29.3 Å². The van der Waals surface area contributed by atoms with Crippen LogP contribution in [-0.4, -0.2) is 77.6 Å². The minimum Gasteiger partial charge on any atom is -0.384 e. The number of pyridine rings is 1. The van der Waals surface area contributed by atoms with E-state index in [1.807, 2.05) is 11.0 Å². The van der Waals surface area contributed by atoms with Gasteiger partial charge in [-0.1, -0.05) is 23.4 Å². The zero-order valence-electron chi connectivity index (χ0n) is 21.6. The van der Waals surface area contributed by atoms with Crippen LogP contribution in [0.25, 0.3) is 0 Å². The first-order valence-corrected chi connectivity index (χ1v) is 15.2. The SMILES string of the molecule is COC1C(Sc2cc(Br)cnc2C(=O)N(CC2CC2)CC2CC2)OC2COC2C1N/C=C(\N)N/C=C\C(=N)Cl. The number of hydrogen-bond acceptors (Lipinski definition) is 10. The molecule has 2 aliphatic heterocycles. The summed E-state index contributed by atoms with van der Waals surface area (Å²) in [5, 5.41) is 13.3. The van der Waals surface area contributed by atoms with E-state index in [0.717, 1.165) is 22.5 Å². The summed E-state index contributed by atoms with van der Waals surface area (Å²) in [7, 11) is 1.63. The van der Waals surface area contributed by atoms with Gasteiger partial charge in [-0.25, -0.2) is 4.98 Å². The maximum atomic E-state index is 13.8. The molecule has 4 fully saturated rings. The van der Waals surface area contributed by atoms with Crippen molar-refractivity contribution in [2.45, 2.75) is 60.4 Å². The lowest BCUT2D eigenvalue weighted by atomic mass is 9.93. The number of rotatable bonds is 13. The zero-order chi connectivity index (χ0) is 27.5. The number of aromatic nitrogens is 1. The lowest BCUT2D eigenvalue weighted by Gasteiger charge is -2.51. The van der Waals surface area contributed by atoms with Gasteiger partial charge in [-0.15, -0.1) is 0 Å². The molecule has 2 aliphatic carbocycles. The quantitative estimate of drug-likeness (QED) is 0.239. The van der Waals surface area contributed by atoms with Gasteiger partial charge in [0.1, 0.15) is 40.4 Å². The lowest BCUT2D eigenvalue weighted by molar-refractivity contribution is -0.258. The fraction of sp³-hybridized carbons (Fsp3) is 0.577. The molecular formula is C26H34BrClN6O4S. The first kappa shape index (κ1) is 28.7. The Bertz CT molecular complexity index is 1120. The van der Waals surface area contributed by atoms with Gasteiger partial charge in [0, 0.05) is 48.2 Å². The number of fused-ring (bicyclic) bond motifs is 1. The number of nitrogens with two attached hydrogens (primary N) is 1. The minimum absolute atomic E-state index is 0.0204. The Kier molecular flexibility index (Phi) is 9.40. The van der Waals surface area contributed by atoms with E-state index in [1.54, 1.807) is 19.5 Å². The molecule has 2 saturated carbocycles. The molecule has 1 aromatic heterocycles. The van der Waals surface area contributed by atoms with Crippen LogP contribution >= 0.6 is 39.3 Å². The van der Waals surface area contributed by atoms with Crippen molar-refractivity contribution >= 4 is 50.4 Å². The van der Waals surface area contributed by atoms with Gasteiger partial charge in [0.15, 0.2) is 0 Å². The molecule has 5 N–H and O–H groups in total. The molecule has 39 heavy (non-hydrogen) atoms. The smallest absolute Gasteiger partial charge is 0.273 e. The molecule has 5 rings (SSSR count). The molecule has 1 amide bonds. The number of allylic oxidation sites excluding steroid dienone is 1. The van der Waals surface area contributed by atoms with E-state index < -0.39 is 11.5 Å². The van der Waals surface area contributed by atoms with Crippen molar-refractivity contribution in [1.82, 2.24) is 20.5 Å². The van der Waals surface area contributed by atoms with Crippen molar-refractivity contribution in [3.8, 4) is 0 Å². The summed E-state index contributed by atoms with van der Waals surface area (Å²) in [5.74, 6) is 1.52. The number of halogens is 2. The number of methoxy groups -OCH3 is 1. The lowest BCUT2D eigenvalue weighted by Crippen LogP contribution is -2.68. The fourth-order valence-electron chi connectivity index (χ4n) is 4.74. The summed E-state index contributed by atoms with van der Waals surface area (Å²) >= 11 is 10.5. The summed E-state index contributed by atoms with van der Waals surface area (Å²) in [5.41, 5.74) is 6.08. The Morgan fingerprint density at radius 2 is 2.08 bits per heavy atom. The monoisotopic (exact) mass is 640 g/mol. The number of ether oxygens (including phenoxy) is 3. The van der Waals surface area contributed by atoms with Crippen molar-refractivity contribution < 1.29 is 19.0 Å². The van der Waals surface area contributed by atoms with Gasteiger partial charge in [0.2, 0.25) is 0 Å². The van der Waals surface area contributed by atoms with E-state index in [9.17, 15) is 4.79 Å². The molecule has 3 heterocycles. The molecular weight excluding hydrogens is 608 g/mol. The maximum Gasteiger partial charge on any atom is 0.273 e. The molecule has 1 aromatic rings. The first-order chi connectivity index (χ1) is 18.8. The molecule has 0 bridgehead atoms. The Hall–Kier alpha value is -1.83. The zero-order valence-corrected chi connectivity index (χ0v) is 24.8. The second kappa shape index (κ2) is 12.8. The number of nitrogens with zero attached hydrogens (tertiary/aromatic N) is 2. The molecule has 0 spiro atoms. The van der Waals surface area contributed by atoms with Gasteiger partial charge in [0.05, 0.1) is 12.6 Å². The third-order valence-corrected chi connectivity index (χ3v) is 8.93. The Labute approximate surface area is 246 Å². The second-order valence-electron chi connectivity index (χ2n) is 10.4. The fourth-order valence-corrected chi connectivity index (χ4v) is 6.59. The normalized spacial score (nSPS) is 28.5. The van der Waals surface area contributed by atoms with Crippen molar-refractivity contribution in [2.24, 2.45) is 17.6 Å². The van der Waals surface area contributed by atoms with Gasteiger partial charge >= 0.3 is 0 Å². The maximum absolute atomic E-state index is 13.8. The average Bonchev–Trinajstić information content (AvgIpc) is 3.81. The highest BCUT2D eigenvalue weighted by Crippen LogP contribution is 2.41. The summed E-state index contributed by atoms with van der Waals surface area (Å²) in [6, 6.07) is 1.68. The molecule has 10 nitrogen and oxygen atoms in total. The predicted octanol–water partition coefficient (Wildman–Crippen LogP) is 3.37. The molecule has 2 saturated heterocycles. The topological polar surface area (TPSA) is 135 Å². The van der Waals surface area contributed by atoms with E-state index in [4.69, 9.17) is 37.0 Å². The second-order valence-corrected chi connectivity index (χ2v) is 12.8. The van der Waals surface area contributed by atoms with E-state index >= 15 is 0 Å². The third-order valence-electron chi connectivity index (χ3n) is 7.19. The van der Waals surface area contributed by atoms with E-state index in [2.05, 4.69) is 31.5 Å². The van der Waals surface area contributed by atoms with Crippen molar-refractivity contribution in [3.63, 3.8) is 0 Å². The summed E-state index contributed by atoms with van der Waals surface area (Å²) < 4.78 is 18.9. The van der Waals surface area contributed by atoms with Crippen LogP contribution < -0.4 is 16.4 Å². The van der Waals surface area contributed by atoms with Crippen molar-refractivity contribution in [1.29, 1.82) is 5.41 Å². The van der Waals surface area contributed by atoms with Crippen LogP contribution in [0.2, 0.25) is 0 Å². The Balaban J connectivity index is 1.33. The minimum atomic E-state index is -0.417. The number of nitrogens with one attached hydrogen (secondary N) is 3. The highest BCUT2D eigenvalue weighted by Gasteiger charge is 2.52. The molecule has 0 radical (unpaired) electrons. The molecule has 4 aliphatic rings.